The van der Waals surface area contributed by atoms with Gasteiger partial charge < -0.3 is 15.7 Å². The molecule has 0 radical (unpaired) electrons. The zero-order valence-corrected chi connectivity index (χ0v) is 10.4. The van der Waals surface area contributed by atoms with Crippen LogP contribution in [0, 0.1) is 5.92 Å². The number of H-pyrrole nitrogens is 1. The van der Waals surface area contributed by atoms with Crippen molar-refractivity contribution in [3.63, 3.8) is 0 Å². The molecule has 0 bridgehead atoms. The second-order valence-corrected chi connectivity index (χ2v) is 4.59. The van der Waals surface area contributed by atoms with Gasteiger partial charge in [0.15, 0.2) is 0 Å². The fourth-order valence-corrected chi connectivity index (χ4v) is 2.30. The minimum absolute atomic E-state index is 0.232. The van der Waals surface area contributed by atoms with Gasteiger partial charge in [0.05, 0.1) is 12.5 Å². The van der Waals surface area contributed by atoms with Gasteiger partial charge in [-0.05, 0) is 12.8 Å². The molecule has 8 heteroatoms. The van der Waals surface area contributed by atoms with Gasteiger partial charge in [-0.2, -0.15) is 5.10 Å². The Balaban J connectivity index is 1.81. The molecule has 0 aromatic carbocycles. The minimum atomic E-state index is -0.847. The van der Waals surface area contributed by atoms with Gasteiger partial charge >= 0.3 is 12.0 Å². The minimum Gasteiger partial charge on any atom is -0.481 e. The van der Waals surface area contributed by atoms with Gasteiger partial charge in [0.2, 0.25) is 0 Å². The van der Waals surface area contributed by atoms with E-state index in [1.54, 1.807) is 0 Å². The van der Waals surface area contributed by atoms with Crippen molar-refractivity contribution in [2.45, 2.75) is 38.3 Å². The first-order valence-corrected chi connectivity index (χ1v) is 6.28. The SMILES string of the molecule is O=C(NCc1ncn[nH]1)NC1CCCCC1C(=O)O. The van der Waals surface area contributed by atoms with Gasteiger partial charge in [-0.1, -0.05) is 12.8 Å². The first-order valence-electron chi connectivity index (χ1n) is 6.28. The van der Waals surface area contributed by atoms with Crippen LogP contribution in [0.4, 0.5) is 4.79 Å². The number of hydrogen-bond acceptors (Lipinski definition) is 4. The molecule has 2 rings (SSSR count). The lowest BCUT2D eigenvalue weighted by atomic mass is 9.84. The normalized spacial score (nSPS) is 22.7. The Morgan fingerprint density at radius 1 is 1.42 bits per heavy atom. The Bertz CT molecular complexity index is 434. The highest BCUT2D eigenvalue weighted by Crippen LogP contribution is 2.24. The highest BCUT2D eigenvalue weighted by atomic mass is 16.4. The average Bonchev–Trinajstić information content (AvgIpc) is 2.90. The fraction of sp³-hybridized carbons (Fsp3) is 0.636. The summed E-state index contributed by atoms with van der Waals surface area (Å²) < 4.78 is 0. The molecule has 1 aliphatic rings. The highest BCUT2D eigenvalue weighted by molar-refractivity contribution is 5.76. The predicted octanol–water partition coefficient (Wildman–Crippen LogP) is 0.247. The topological polar surface area (TPSA) is 120 Å². The highest BCUT2D eigenvalue weighted by Gasteiger charge is 2.31. The Labute approximate surface area is 110 Å². The molecule has 1 aliphatic carbocycles. The number of aromatic nitrogens is 3. The third-order valence-electron chi connectivity index (χ3n) is 3.28. The van der Waals surface area contributed by atoms with Crippen LogP contribution >= 0.6 is 0 Å². The molecule has 1 heterocycles. The van der Waals surface area contributed by atoms with Crippen molar-refractivity contribution in [1.82, 2.24) is 25.8 Å². The maximum Gasteiger partial charge on any atom is 0.315 e. The summed E-state index contributed by atoms with van der Waals surface area (Å²) in [6.07, 6.45) is 4.51. The van der Waals surface area contributed by atoms with Crippen molar-refractivity contribution in [2.75, 3.05) is 0 Å². The van der Waals surface area contributed by atoms with Gasteiger partial charge in [-0.3, -0.25) is 9.89 Å². The van der Waals surface area contributed by atoms with Crippen molar-refractivity contribution in [3.05, 3.63) is 12.2 Å². The Kier molecular flexibility index (Phi) is 4.32. The lowest BCUT2D eigenvalue weighted by molar-refractivity contribution is -0.143. The molecule has 1 saturated carbocycles. The van der Waals surface area contributed by atoms with Gasteiger partial charge in [-0.25, -0.2) is 9.78 Å². The number of carbonyl (C=O) groups is 2. The third kappa shape index (κ3) is 3.67. The molecule has 1 aromatic heterocycles. The quantitative estimate of drug-likeness (QED) is 0.623. The second kappa shape index (κ2) is 6.17. The van der Waals surface area contributed by atoms with Crippen LogP contribution in [0.2, 0.25) is 0 Å². The summed E-state index contributed by atoms with van der Waals surface area (Å²) >= 11 is 0. The number of carboxylic acids is 1. The number of rotatable bonds is 4. The first kappa shape index (κ1) is 13.3. The van der Waals surface area contributed by atoms with E-state index in [9.17, 15) is 9.59 Å². The van der Waals surface area contributed by atoms with Gasteiger partial charge in [0.1, 0.15) is 12.2 Å². The van der Waals surface area contributed by atoms with Crippen LogP contribution in [0.1, 0.15) is 31.5 Å². The van der Waals surface area contributed by atoms with Crippen molar-refractivity contribution < 1.29 is 14.7 Å². The molecule has 2 unspecified atom stereocenters. The van der Waals surface area contributed by atoms with Gasteiger partial charge in [0, 0.05) is 6.04 Å². The monoisotopic (exact) mass is 267 g/mol. The molecule has 1 aromatic rings. The standard InChI is InChI=1S/C11H17N5O3/c17-10(18)7-3-1-2-4-8(7)15-11(19)12-5-9-13-6-14-16-9/h6-8H,1-5H2,(H,17,18)(H2,12,15,19)(H,13,14,16). The first-order chi connectivity index (χ1) is 9.16. The Morgan fingerprint density at radius 3 is 2.89 bits per heavy atom. The third-order valence-corrected chi connectivity index (χ3v) is 3.28. The van der Waals surface area contributed by atoms with E-state index in [1.807, 2.05) is 0 Å². The molecule has 1 fully saturated rings. The number of hydrogen-bond donors (Lipinski definition) is 4. The summed E-state index contributed by atoms with van der Waals surface area (Å²) in [5, 5.41) is 20.7. The summed E-state index contributed by atoms with van der Waals surface area (Å²) in [6.45, 7) is 0.232. The molecule has 2 amide bonds. The summed E-state index contributed by atoms with van der Waals surface area (Å²) in [6, 6.07) is -0.685. The van der Waals surface area contributed by atoms with Crippen LogP contribution in [-0.2, 0) is 11.3 Å². The largest absolute Gasteiger partial charge is 0.481 e. The van der Waals surface area contributed by atoms with E-state index >= 15 is 0 Å². The fourth-order valence-electron chi connectivity index (χ4n) is 2.30. The van der Waals surface area contributed by atoms with Crippen molar-refractivity contribution >= 4 is 12.0 Å². The number of aliphatic carboxylic acids is 1. The molecule has 0 saturated heterocycles. The van der Waals surface area contributed by atoms with E-state index in [4.69, 9.17) is 5.11 Å². The molecule has 19 heavy (non-hydrogen) atoms. The van der Waals surface area contributed by atoms with E-state index in [0.717, 1.165) is 12.8 Å². The Hall–Kier alpha value is -2.12. The summed E-state index contributed by atoms with van der Waals surface area (Å²) in [5.74, 6) is -0.793. The van der Waals surface area contributed by atoms with Crippen LogP contribution in [0.3, 0.4) is 0 Å². The zero-order valence-electron chi connectivity index (χ0n) is 10.4. The second-order valence-electron chi connectivity index (χ2n) is 4.59. The molecule has 104 valence electrons. The molecule has 0 spiro atoms. The number of nitrogens with zero attached hydrogens (tertiary/aromatic N) is 2. The van der Waals surface area contributed by atoms with E-state index in [-0.39, 0.29) is 18.6 Å². The number of amides is 2. The number of carbonyl (C=O) groups excluding carboxylic acids is 1. The van der Waals surface area contributed by atoms with E-state index < -0.39 is 11.9 Å². The smallest absolute Gasteiger partial charge is 0.315 e. The molecule has 8 nitrogen and oxygen atoms in total. The van der Waals surface area contributed by atoms with E-state index in [1.165, 1.54) is 6.33 Å². The van der Waals surface area contributed by atoms with Crippen LogP contribution in [0.15, 0.2) is 6.33 Å². The predicted molar refractivity (Wildman–Crippen MR) is 65.1 cm³/mol. The van der Waals surface area contributed by atoms with E-state index in [0.29, 0.717) is 18.7 Å². The van der Waals surface area contributed by atoms with Gasteiger partial charge in [0.25, 0.3) is 0 Å². The number of carboxylic acid groups (broad SMARTS) is 1. The average molecular weight is 267 g/mol. The van der Waals surface area contributed by atoms with Crippen LogP contribution in [0.25, 0.3) is 0 Å². The zero-order chi connectivity index (χ0) is 13.7. The lowest BCUT2D eigenvalue weighted by Gasteiger charge is -2.29. The molecule has 2 atom stereocenters. The maximum atomic E-state index is 11.7. The lowest BCUT2D eigenvalue weighted by Crippen LogP contribution is -2.48. The van der Waals surface area contributed by atoms with Crippen LogP contribution < -0.4 is 10.6 Å². The van der Waals surface area contributed by atoms with Crippen molar-refractivity contribution in [2.24, 2.45) is 5.92 Å². The van der Waals surface area contributed by atoms with Crippen LogP contribution in [-0.4, -0.2) is 38.3 Å². The van der Waals surface area contributed by atoms with Crippen molar-refractivity contribution in [1.29, 1.82) is 0 Å². The number of aromatic amines is 1. The number of nitrogens with one attached hydrogen (secondary N) is 3. The molecular formula is C11H17N5O3. The molecule has 0 aliphatic heterocycles. The van der Waals surface area contributed by atoms with Crippen LogP contribution in [0.5, 0.6) is 0 Å². The summed E-state index contributed by atoms with van der Waals surface area (Å²) in [7, 11) is 0. The van der Waals surface area contributed by atoms with E-state index in [2.05, 4.69) is 25.8 Å². The molecular weight excluding hydrogens is 250 g/mol. The van der Waals surface area contributed by atoms with Crippen molar-refractivity contribution in [3.8, 4) is 0 Å². The van der Waals surface area contributed by atoms with Gasteiger partial charge in [-0.15, -0.1) is 0 Å². The Morgan fingerprint density at radius 2 is 2.21 bits per heavy atom. The maximum absolute atomic E-state index is 11.7. The number of urea groups is 1. The molecule has 4 N–H and O–H groups in total. The summed E-state index contributed by atoms with van der Waals surface area (Å²) in [4.78, 5) is 26.7. The summed E-state index contributed by atoms with van der Waals surface area (Å²) in [5.41, 5.74) is 0.